The van der Waals surface area contributed by atoms with Gasteiger partial charge >= 0.3 is 0 Å². The van der Waals surface area contributed by atoms with Gasteiger partial charge in [-0.25, -0.2) is 0 Å². The molecule has 1 heterocycles. The van der Waals surface area contributed by atoms with Gasteiger partial charge in [0.05, 0.1) is 5.25 Å². The van der Waals surface area contributed by atoms with Gasteiger partial charge in [0.25, 0.3) is 0 Å². The number of benzene rings is 2. The van der Waals surface area contributed by atoms with Gasteiger partial charge in [-0.3, -0.25) is 9.36 Å². The van der Waals surface area contributed by atoms with E-state index >= 15 is 0 Å². The highest BCUT2D eigenvalue weighted by Gasteiger charge is 2.20. The molecule has 24 heavy (non-hydrogen) atoms. The second kappa shape index (κ2) is 6.88. The third-order valence-corrected chi connectivity index (χ3v) is 4.67. The maximum absolute atomic E-state index is 11.4. The van der Waals surface area contributed by atoms with Crippen molar-refractivity contribution in [3.63, 3.8) is 0 Å². The maximum atomic E-state index is 11.4. The zero-order valence-electron chi connectivity index (χ0n) is 13.5. The molecule has 0 fully saturated rings. The van der Waals surface area contributed by atoms with Crippen molar-refractivity contribution in [3.8, 4) is 17.1 Å². The Hall–Kier alpha value is -2.60. The largest absolute Gasteiger partial charge is 0.369 e. The summed E-state index contributed by atoms with van der Waals surface area (Å²) < 4.78 is 1.96. The fraction of sp³-hybridized carbons (Fsp3) is 0.167. The highest BCUT2D eigenvalue weighted by atomic mass is 32.2. The molecular weight excluding hydrogens is 320 g/mol. The molecule has 0 aliphatic carbocycles. The quantitative estimate of drug-likeness (QED) is 0.725. The molecule has 0 spiro atoms. The van der Waals surface area contributed by atoms with Gasteiger partial charge in [-0.05, 0) is 32.0 Å². The Bertz CT molecular complexity index is 860. The standard InChI is InChI=1S/C18H18N4OS/c1-12-7-6-8-14(11-12)17-20-21-18(24-13(2)16(19)23)22(17)15-9-4-3-5-10-15/h3-11,13H,1-2H3,(H2,19,23). The Morgan fingerprint density at radius 1 is 1.12 bits per heavy atom. The van der Waals surface area contributed by atoms with Gasteiger partial charge < -0.3 is 5.73 Å². The lowest BCUT2D eigenvalue weighted by atomic mass is 10.1. The van der Waals surface area contributed by atoms with Crippen LogP contribution in [0.1, 0.15) is 12.5 Å². The van der Waals surface area contributed by atoms with Gasteiger partial charge in [0, 0.05) is 11.3 Å². The molecule has 6 heteroatoms. The topological polar surface area (TPSA) is 73.8 Å². The van der Waals surface area contributed by atoms with Crippen molar-refractivity contribution in [2.75, 3.05) is 0 Å². The number of carbonyl (C=O) groups excluding carboxylic acids is 1. The van der Waals surface area contributed by atoms with Crippen molar-refractivity contribution >= 4 is 17.7 Å². The summed E-state index contributed by atoms with van der Waals surface area (Å²) in [4.78, 5) is 11.4. The SMILES string of the molecule is Cc1cccc(-c2nnc(SC(C)C(N)=O)n2-c2ccccc2)c1. The van der Waals surface area contributed by atoms with Crippen LogP contribution < -0.4 is 5.73 Å². The minimum atomic E-state index is -0.387. The molecule has 3 rings (SSSR count). The smallest absolute Gasteiger partial charge is 0.230 e. The Morgan fingerprint density at radius 3 is 2.54 bits per heavy atom. The highest BCUT2D eigenvalue weighted by Crippen LogP contribution is 2.30. The van der Waals surface area contributed by atoms with Gasteiger partial charge in [-0.15, -0.1) is 10.2 Å². The van der Waals surface area contributed by atoms with Crippen LogP contribution in [0.15, 0.2) is 59.8 Å². The number of aryl methyl sites for hydroxylation is 1. The molecule has 1 atom stereocenters. The first-order valence-electron chi connectivity index (χ1n) is 7.60. The zero-order valence-corrected chi connectivity index (χ0v) is 14.3. The van der Waals surface area contributed by atoms with E-state index in [1.807, 2.05) is 60.0 Å². The first kappa shape index (κ1) is 16.3. The number of thioether (sulfide) groups is 1. The average Bonchev–Trinajstić information content (AvgIpc) is 2.99. The van der Waals surface area contributed by atoms with E-state index in [0.29, 0.717) is 5.16 Å². The second-order valence-corrected chi connectivity index (χ2v) is 6.82. The summed E-state index contributed by atoms with van der Waals surface area (Å²) in [6, 6.07) is 18.0. The summed E-state index contributed by atoms with van der Waals surface area (Å²) in [5.74, 6) is 0.365. The number of nitrogens with zero attached hydrogens (tertiary/aromatic N) is 3. The van der Waals surface area contributed by atoms with Crippen LogP contribution in [-0.4, -0.2) is 25.9 Å². The number of primary amides is 1. The molecule has 0 radical (unpaired) electrons. The van der Waals surface area contributed by atoms with Crippen molar-refractivity contribution in [1.82, 2.24) is 14.8 Å². The van der Waals surface area contributed by atoms with Crippen LogP contribution in [0.2, 0.25) is 0 Å². The van der Waals surface area contributed by atoms with Gasteiger partial charge in [-0.1, -0.05) is 53.7 Å². The number of para-hydroxylation sites is 1. The van der Waals surface area contributed by atoms with E-state index < -0.39 is 0 Å². The molecule has 2 N–H and O–H groups in total. The molecule has 5 nitrogen and oxygen atoms in total. The van der Waals surface area contributed by atoms with E-state index in [4.69, 9.17) is 5.73 Å². The first-order valence-corrected chi connectivity index (χ1v) is 8.48. The van der Waals surface area contributed by atoms with E-state index in [1.54, 1.807) is 6.92 Å². The zero-order chi connectivity index (χ0) is 17.1. The number of carbonyl (C=O) groups is 1. The van der Waals surface area contributed by atoms with Crippen LogP contribution in [0.3, 0.4) is 0 Å². The highest BCUT2D eigenvalue weighted by molar-refractivity contribution is 8.00. The molecule has 1 amide bonds. The Kier molecular flexibility index (Phi) is 4.66. The Morgan fingerprint density at radius 2 is 1.88 bits per heavy atom. The fourth-order valence-corrected chi connectivity index (χ4v) is 3.16. The predicted molar refractivity (Wildman–Crippen MR) is 96.0 cm³/mol. The first-order chi connectivity index (χ1) is 11.6. The van der Waals surface area contributed by atoms with Crippen LogP contribution in [0.25, 0.3) is 17.1 Å². The Balaban J connectivity index is 2.13. The van der Waals surface area contributed by atoms with Crippen LogP contribution in [-0.2, 0) is 4.79 Å². The molecular formula is C18H18N4OS. The summed E-state index contributed by atoms with van der Waals surface area (Å²) in [5.41, 5.74) is 8.46. The number of nitrogens with two attached hydrogens (primary N) is 1. The van der Waals surface area contributed by atoms with Crippen molar-refractivity contribution in [1.29, 1.82) is 0 Å². The molecule has 0 aliphatic heterocycles. The van der Waals surface area contributed by atoms with E-state index in [9.17, 15) is 4.79 Å². The van der Waals surface area contributed by atoms with E-state index in [-0.39, 0.29) is 11.2 Å². The van der Waals surface area contributed by atoms with Gasteiger partial charge in [0.2, 0.25) is 5.91 Å². The summed E-state index contributed by atoms with van der Waals surface area (Å²) in [6.07, 6.45) is 0. The second-order valence-electron chi connectivity index (χ2n) is 5.51. The summed E-state index contributed by atoms with van der Waals surface area (Å²) in [5, 5.41) is 8.90. The minimum absolute atomic E-state index is 0.375. The molecule has 2 aromatic carbocycles. The van der Waals surface area contributed by atoms with Gasteiger partial charge in [0.15, 0.2) is 11.0 Å². The molecule has 1 aromatic heterocycles. The number of hydrogen-bond donors (Lipinski definition) is 1. The van der Waals surface area contributed by atoms with Crippen LogP contribution in [0, 0.1) is 6.92 Å². The Labute approximate surface area is 144 Å². The molecule has 122 valence electrons. The number of rotatable bonds is 5. The van der Waals surface area contributed by atoms with Gasteiger partial charge in [0.1, 0.15) is 0 Å². The van der Waals surface area contributed by atoms with Crippen LogP contribution in [0.4, 0.5) is 0 Å². The van der Waals surface area contributed by atoms with E-state index in [2.05, 4.69) is 16.3 Å². The van der Waals surface area contributed by atoms with Crippen molar-refractivity contribution in [3.05, 3.63) is 60.2 Å². The fourth-order valence-electron chi connectivity index (χ4n) is 2.34. The third kappa shape index (κ3) is 3.33. The lowest BCUT2D eigenvalue weighted by Gasteiger charge is -2.12. The van der Waals surface area contributed by atoms with Crippen LogP contribution in [0.5, 0.6) is 0 Å². The number of hydrogen-bond acceptors (Lipinski definition) is 4. The molecule has 0 saturated heterocycles. The lowest BCUT2D eigenvalue weighted by Crippen LogP contribution is -2.23. The normalized spacial score (nSPS) is 12.1. The molecule has 0 aliphatic rings. The summed E-state index contributed by atoms with van der Waals surface area (Å²) >= 11 is 1.31. The average molecular weight is 338 g/mol. The van der Waals surface area contributed by atoms with Crippen molar-refractivity contribution in [2.24, 2.45) is 5.73 Å². The molecule has 3 aromatic rings. The molecule has 0 bridgehead atoms. The summed E-state index contributed by atoms with van der Waals surface area (Å²) in [7, 11) is 0. The van der Waals surface area contributed by atoms with Crippen LogP contribution >= 0.6 is 11.8 Å². The third-order valence-electron chi connectivity index (χ3n) is 3.61. The molecule has 1 unspecified atom stereocenters. The predicted octanol–water partition coefficient (Wildman–Crippen LogP) is 3.21. The van der Waals surface area contributed by atoms with Gasteiger partial charge in [-0.2, -0.15) is 0 Å². The minimum Gasteiger partial charge on any atom is -0.369 e. The number of aromatic nitrogens is 3. The van der Waals surface area contributed by atoms with Crippen molar-refractivity contribution in [2.45, 2.75) is 24.3 Å². The monoisotopic (exact) mass is 338 g/mol. The summed E-state index contributed by atoms with van der Waals surface area (Å²) in [6.45, 7) is 3.81. The molecule has 0 saturated carbocycles. The lowest BCUT2D eigenvalue weighted by molar-refractivity contribution is -0.117. The van der Waals surface area contributed by atoms with Crippen molar-refractivity contribution < 1.29 is 4.79 Å². The number of amides is 1. The maximum Gasteiger partial charge on any atom is 0.230 e. The van der Waals surface area contributed by atoms with E-state index in [0.717, 1.165) is 22.6 Å². The van der Waals surface area contributed by atoms with E-state index in [1.165, 1.54) is 11.8 Å².